The van der Waals surface area contributed by atoms with Crippen LogP contribution in [0, 0.1) is 24.1 Å². The minimum absolute atomic E-state index is 0.119. The number of pyridine rings is 1. The molecule has 0 aliphatic rings. The Bertz CT molecular complexity index is 1040. The summed E-state index contributed by atoms with van der Waals surface area (Å²) >= 11 is -2.35. The van der Waals surface area contributed by atoms with Crippen LogP contribution in [-0.4, -0.2) is 13.7 Å². The van der Waals surface area contributed by atoms with E-state index in [4.69, 9.17) is 5.26 Å². The quantitative estimate of drug-likeness (QED) is 0.652. The maximum Gasteiger partial charge on any atom is 0.127 e. The van der Waals surface area contributed by atoms with Gasteiger partial charge in [0.15, 0.2) is 0 Å². The molecule has 1 aromatic heterocycles. The molecule has 0 spiro atoms. The van der Waals surface area contributed by atoms with Gasteiger partial charge in [-0.25, -0.2) is 4.39 Å². The minimum atomic E-state index is -2.35. The number of hydrogen-bond donors (Lipinski definition) is 0. The van der Waals surface area contributed by atoms with Crippen molar-refractivity contribution in [1.29, 1.82) is 5.26 Å². The summed E-state index contributed by atoms with van der Waals surface area (Å²) in [5.74, 6) is -0.949. The first-order valence-electron chi connectivity index (χ1n) is 7.80. The SMILES string of the molecule is Cc1cc(-c2cccnc2-c2ccc(CS(=O)[O-])c(F)c2)ccc1C#N. The normalized spacial score (nSPS) is 11.8. The molecule has 0 saturated carbocycles. The van der Waals surface area contributed by atoms with Crippen LogP contribution >= 0.6 is 0 Å². The van der Waals surface area contributed by atoms with Gasteiger partial charge in [0.2, 0.25) is 0 Å². The molecule has 2 aromatic carbocycles. The summed E-state index contributed by atoms with van der Waals surface area (Å²) in [6.07, 6.45) is 1.62. The molecule has 26 heavy (non-hydrogen) atoms. The third-order valence-corrected chi connectivity index (χ3v) is 4.61. The van der Waals surface area contributed by atoms with Gasteiger partial charge in [0.1, 0.15) is 5.82 Å². The molecule has 1 unspecified atom stereocenters. The lowest BCUT2D eigenvalue weighted by molar-refractivity contribution is 0.533. The van der Waals surface area contributed by atoms with Gasteiger partial charge in [-0.1, -0.05) is 41.4 Å². The van der Waals surface area contributed by atoms with Crippen molar-refractivity contribution in [2.45, 2.75) is 12.7 Å². The molecule has 0 amide bonds. The lowest BCUT2D eigenvalue weighted by Gasteiger charge is -2.12. The second kappa shape index (κ2) is 7.56. The topological polar surface area (TPSA) is 76.8 Å². The van der Waals surface area contributed by atoms with E-state index < -0.39 is 16.9 Å². The average Bonchev–Trinajstić information content (AvgIpc) is 2.63. The lowest BCUT2D eigenvalue weighted by Crippen LogP contribution is -1.98. The number of aryl methyl sites for hydroxylation is 1. The van der Waals surface area contributed by atoms with E-state index in [1.807, 2.05) is 25.1 Å². The number of aromatic nitrogens is 1. The number of benzene rings is 2. The third kappa shape index (κ3) is 3.69. The fourth-order valence-corrected chi connectivity index (χ4v) is 3.25. The van der Waals surface area contributed by atoms with Crippen LogP contribution in [0.5, 0.6) is 0 Å². The summed E-state index contributed by atoms with van der Waals surface area (Å²) in [4.78, 5) is 4.38. The van der Waals surface area contributed by atoms with Crippen LogP contribution in [0.4, 0.5) is 4.39 Å². The largest absolute Gasteiger partial charge is 0.772 e. The molecular weight excluding hydrogens is 351 g/mol. The second-order valence-corrected chi connectivity index (χ2v) is 6.69. The highest BCUT2D eigenvalue weighted by molar-refractivity contribution is 7.78. The van der Waals surface area contributed by atoms with E-state index in [9.17, 15) is 13.2 Å². The van der Waals surface area contributed by atoms with Crippen LogP contribution in [0.25, 0.3) is 22.4 Å². The highest BCUT2D eigenvalue weighted by atomic mass is 32.2. The number of halogens is 1. The van der Waals surface area contributed by atoms with Crippen molar-refractivity contribution in [3.05, 3.63) is 77.2 Å². The second-order valence-electron chi connectivity index (χ2n) is 5.80. The minimum Gasteiger partial charge on any atom is -0.772 e. The van der Waals surface area contributed by atoms with Gasteiger partial charge < -0.3 is 4.55 Å². The Kier molecular flexibility index (Phi) is 5.21. The molecule has 0 saturated heterocycles. The molecule has 3 rings (SSSR count). The molecule has 0 N–H and O–H groups in total. The molecule has 0 radical (unpaired) electrons. The van der Waals surface area contributed by atoms with Crippen LogP contribution in [0.3, 0.4) is 0 Å². The molecule has 0 bridgehead atoms. The van der Waals surface area contributed by atoms with Crippen molar-refractivity contribution in [3.8, 4) is 28.5 Å². The van der Waals surface area contributed by atoms with Gasteiger partial charge in [-0.3, -0.25) is 9.19 Å². The number of hydrogen-bond acceptors (Lipinski definition) is 4. The summed E-state index contributed by atoms with van der Waals surface area (Å²) in [5, 5.41) is 9.08. The Morgan fingerprint density at radius 1 is 1.19 bits per heavy atom. The highest BCUT2D eigenvalue weighted by Crippen LogP contribution is 2.32. The molecular formula is C20H14FN2O2S-. The molecule has 1 heterocycles. The van der Waals surface area contributed by atoms with Gasteiger partial charge >= 0.3 is 0 Å². The van der Waals surface area contributed by atoms with E-state index in [1.165, 1.54) is 12.1 Å². The van der Waals surface area contributed by atoms with Crippen molar-refractivity contribution < 1.29 is 13.2 Å². The molecule has 3 aromatic rings. The van der Waals surface area contributed by atoms with Gasteiger partial charge in [-0.2, -0.15) is 5.26 Å². The lowest BCUT2D eigenvalue weighted by atomic mass is 9.96. The standard InChI is InChI=1S/C20H15FN2O2S/c1-13-9-14(4-6-16(13)11-22)18-3-2-8-23-20(18)15-5-7-17(12-26(24)25)19(21)10-15/h2-10H,12H2,1H3,(H,24,25)/p-1. The van der Waals surface area contributed by atoms with E-state index in [0.717, 1.165) is 16.7 Å². The Morgan fingerprint density at radius 3 is 2.62 bits per heavy atom. The van der Waals surface area contributed by atoms with Crippen molar-refractivity contribution in [2.75, 3.05) is 0 Å². The summed E-state index contributed by atoms with van der Waals surface area (Å²) in [6, 6.07) is 15.7. The molecule has 130 valence electrons. The third-order valence-electron chi connectivity index (χ3n) is 4.07. The van der Waals surface area contributed by atoms with Gasteiger partial charge in [0.05, 0.1) is 17.3 Å². The monoisotopic (exact) mass is 365 g/mol. The Hall–Kier alpha value is -2.88. The van der Waals surface area contributed by atoms with E-state index >= 15 is 0 Å². The molecule has 0 aliphatic carbocycles. The zero-order valence-electron chi connectivity index (χ0n) is 13.9. The molecule has 1 atom stereocenters. The number of nitrogens with zero attached hydrogens (tertiary/aromatic N) is 2. The maximum absolute atomic E-state index is 14.3. The van der Waals surface area contributed by atoms with Crippen LogP contribution in [-0.2, 0) is 16.8 Å². The summed E-state index contributed by atoms with van der Waals surface area (Å²) in [5.41, 5.74) is 4.38. The van der Waals surface area contributed by atoms with E-state index in [2.05, 4.69) is 11.1 Å². The smallest absolute Gasteiger partial charge is 0.127 e. The Balaban J connectivity index is 2.08. The first-order valence-corrected chi connectivity index (χ1v) is 9.05. The van der Waals surface area contributed by atoms with E-state index in [-0.39, 0.29) is 11.3 Å². The van der Waals surface area contributed by atoms with Crippen molar-refractivity contribution >= 4 is 11.1 Å². The maximum atomic E-state index is 14.3. The van der Waals surface area contributed by atoms with E-state index in [1.54, 1.807) is 24.4 Å². The number of nitriles is 1. The molecule has 0 fully saturated rings. The van der Waals surface area contributed by atoms with Gasteiger partial charge in [-0.05, 0) is 41.8 Å². The Labute approximate surface area is 153 Å². The summed E-state index contributed by atoms with van der Waals surface area (Å²) in [7, 11) is 0. The van der Waals surface area contributed by atoms with Crippen molar-refractivity contribution in [3.63, 3.8) is 0 Å². The molecule has 0 aliphatic heterocycles. The van der Waals surface area contributed by atoms with Crippen LogP contribution < -0.4 is 0 Å². The van der Waals surface area contributed by atoms with Crippen molar-refractivity contribution in [1.82, 2.24) is 4.98 Å². The zero-order valence-corrected chi connectivity index (χ0v) is 14.7. The molecule has 6 heteroatoms. The summed E-state index contributed by atoms with van der Waals surface area (Å²) in [6.45, 7) is 1.86. The van der Waals surface area contributed by atoms with Crippen LogP contribution in [0.1, 0.15) is 16.7 Å². The Morgan fingerprint density at radius 2 is 1.96 bits per heavy atom. The van der Waals surface area contributed by atoms with Gasteiger partial charge in [0, 0.05) is 23.1 Å². The van der Waals surface area contributed by atoms with Gasteiger partial charge in [-0.15, -0.1) is 0 Å². The number of rotatable bonds is 4. The highest BCUT2D eigenvalue weighted by Gasteiger charge is 2.12. The van der Waals surface area contributed by atoms with Crippen molar-refractivity contribution in [2.24, 2.45) is 0 Å². The van der Waals surface area contributed by atoms with Crippen LogP contribution in [0.2, 0.25) is 0 Å². The van der Waals surface area contributed by atoms with Gasteiger partial charge in [0.25, 0.3) is 0 Å². The van der Waals surface area contributed by atoms with Crippen LogP contribution in [0.15, 0.2) is 54.7 Å². The van der Waals surface area contributed by atoms with E-state index in [0.29, 0.717) is 16.8 Å². The zero-order chi connectivity index (χ0) is 18.7. The predicted octanol–water partition coefficient (Wildman–Crippen LogP) is 4.11. The average molecular weight is 365 g/mol. The predicted molar refractivity (Wildman–Crippen MR) is 97.1 cm³/mol. The first kappa shape index (κ1) is 17.9. The molecule has 4 nitrogen and oxygen atoms in total. The fraction of sp³-hybridized carbons (Fsp3) is 0.100. The first-order chi connectivity index (χ1) is 12.5. The summed E-state index contributed by atoms with van der Waals surface area (Å²) < 4.78 is 35.9. The fourth-order valence-electron chi connectivity index (χ4n) is 2.76.